The molecule has 3 aliphatic heterocycles. The van der Waals surface area contributed by atoms with Gasteiger partial charge in [-0.2, -0.15) is 0 Å². The summed E-state index contributed by atoms with van der Waals surface area (Å²) in [6, 6.07) is 27.3. The highest BCUT2D eigenvalue weighted by atomic mass is 19.1. The van der Waals surface area contributed by atoms with E-state index in [-0.39, 0.29) is 5.82 Å². The summed E-state index contributed by atoms with van der Waals surface area (Å²) in [5.41, 5.74) is 4.91. The van der Waals surface area contributed by atoms with Gasteiger partial charge in [0.1, 0.15) is 5.82 Å². The number of piperidine rings is 1. The van der Waals surface area contributed by atoms with Gasteiger partial charge in [-0.3, -0.25) is 4.90 Å². The number of hydrogen-bond donors (Lipinski definition) is 1. The van der Waals surface area contributed by atoms with Crippen molar-refractivity contribution >= 4 is 12.2 Å². The molecule has 3 aliphatic rings. The molecule has 3 heterocycles. The summed E-state index contributed by atoms with van der Waals surface area (Å²) in [5, 5.41) is 3.69. The smallest absolute Gasteiger partial charge is 0.123 e. The molecular formula is C26H25FN2. The summed E-state index contributed by atoms with van der Waals surface area (Å²) in [4.78, 5) is 2.44. The average Bonchev–Trinajstić information content (AvgIpc) is 2.74. The van der Waals surface area contributed by atoms with E-state index in [2.05, 4.69) is 70.9 Å². The second-order valence-electron chi connectivity index (χ2n) is 8.14. The van der Waals surface area contributed by atoms with Gasteiger partial charge in [-0.15, -0.1) is 0 Å². The minimum absolute atomic E-state index is 0.151. The Morgan fingerprint density at radius 2 is 1.52 bits per heavy atom. The lowest BCUT2D eigenvalue weighted by atomic mass is 9.74. The molecule has 0 amide bonds. The molecule has 0 spiro atoms. The minimum atomic E-state index is -0.151. The first-order valence-corrected chi connectivity index (χ1v) is 10.3. The summed E-state index contributed by atoms with van der Waals surface area (Å²) in [6.45, 7) is 2.84. The van der Waals surface area contributed by atoms with Gasteiger partial charge in [0.05, 0.1) is 0 Å². The summed E-state index contributed by atoms with van der Waals surface area (Å²) < 4.78 is 13.4. The van der Waals surface area contributed by atoms with Crippen LogP contribution < -0.4 is 5.32 Å². The van der Waals surface area contributed by atoms with Gasteiger partial charge in [-0.1, -0.05) is 78.9 Å². The fraction of sp³-hybridized carbons (Fsp3) is 0.231. The Morgan fingerprint density at radius 1 is 0.828 bits per heavy atom. The number of fused-ring (bicyclic) bond motifs is 2. The summed E-state index contributed by atoms with van der Waals surface area (Å²) >= 11 is 0. The molecule has 3 aromatic rings. The van der Waals surface area contributed by atoms with E-state index in [0.29, 0.717) is 18.0 Å². The zero-order valence-electron chi connectivity index (χ0n) is 16.3. The van der Waals surface area contributed by atoms with Crippen molar-refractivity contribution < 1.29 is 4.39 Å². The van der Waals surface area contributed by atoms with Crippen LogP contribution in [-0.2, 0) is 6.54 Å². The third kappa shape index (κ3) is 4.02. The Bertz CT molecular complexity index is 985. The molecule has 0 radical (unpaired) electrons. The molecule has 29 heavy (non-hydrogen) atoms. The Labute approximate surface area is 171 Å². The summed E-state index contributed by atoms with van der Waals surface area (Å²) in [7, 11) is 0. The second kappa shape index (κ2) is 7.94. The number of nitrogens with zero attached hydrogens (tertiary/aromatic N) is 1. The topological polar surface area (TPSA) is 15.3 Å². The zero-order valence-corrected chi connectivity index (χ0v) is 16.3. The third-order valence-corrected chi connectivity index (χ3v) is 6.09. The first-order chi connectivity index (χ1) is 14.2. The van der Waals surface area contributed by atoms with Crippen molar-refractivity contribution in [1.82, 2.24) is 10.2 Å². The van der Waals surface area contributed by atoms with Crippen molar-refractivity contribution in [3.63, 3.8) is 0 Å². The van der Waals surface area contributed by atoms with Crippen molar-refractivity contribution in [2.45, 2.75) is 24.5 Å². The maximum Gasteiger partial charge on any atom is 0.123 e. The monoisotopic (exact) mass is 384 g/mol. The zero-order chi connectivity index (χ0) is 19.6. The quantitative estimate of drug-likeness (QED) is 0.627. The molecule has 3 saturated heterocycles. The van der Waals surface area contributed by atoms with Crippen LogP contribution in [-0.4, -0.2) is 30.1 Å². The van der Waals surface area contributed by atoms with Crippen LogP contribution in [0.3, 0.4) is 0 Å². The van der Waals surface area contributed by atoms with Crippen LogP contribution in [0.2, 0.25) is 0 Å². The highest BCUT2D eigenvalue weighted by molar-refractivity contribution is 5.69. The van der Waals surface area contributed by atoms with Crippen LogP contribution in [0.15, 0.2) is 78.9 Å². The molecule has 3 aromatic carbocycles. The Balaban J connectivity index is 1.21. The molecule has 2 bridgehead atoms. The normalized spacial score (nSPS) is 23.8. The Hall–Kier alpha value is -2.75. The van der Waals surface area contributed by atoms with Gasteiger partial charge in [0.2, 0.25) is 0 Å². The molecular weight excluding hydrogens is 359 g/mol. The van der Waals surface area contributed by atoms with Crippen LogP contribution in [0, 0.1) is 5.82 Å². The third-order valence-electron chi connectivity index (χ3n) is 6.09. The van der Waals surface area contributed by atoms with Crippen LogP contribution >= 0.6 is 0 Å². The minimum Gasteiger partial charge on any atom is -0.307 e. The average molecular weight is 384 g/mol. The van der Waals surface area contributed by atoms with Gasteiger partial charge >= 0.3 is 0 Å². The number of hydrogen-bond acceptors (Lipinski definition) is 2. The standard InChI is InChI=1S/C26H25FN2/c27-23-8-4-7-21(15-23)16-29-17-24-26(25(18-29)28-24)22-13-11-20(12-14-22)10-9-19-5-2-1-3-6-19/h1-15,24-26,28H,16-18H2/b10-9+/t24-,25+,26?. The number of benzene rings is 3. The van der Waals surface area contributed by atoms with Crippen LogP contribution in [0.1, 0.15) is 28.2 Å². The number of nitrogens with one attached hydrogen (secondary N) is 1. The first kappa shape index (κ1) is 18.3. The van der Waals surface area contributed by atoms with Gasteiger partial charge in [0, 0.05) is 37.6 Å². The molecule has 1 unspecified atom stereocenters. The van der Waals surface area contributed by atoms with Gasteiger partial charge in [0.25, 0.3) is 0 Å². The van der Waals surface area contributed by atoms with Crippen molar-refractivity contribution in [1.29, 1.82) is 0 Å². The Morgan fingerprint density at radius 3 is 2.21 bits per heavy atom. The highest BCUT2D eigenvalue weighted by Crippen LogP contribution is 2.37. The van der Waals surface area contributed by atoms with E-state index in [0.717, 1.165) is 25.2 Å². The van der Waals surface area contributed by atoms with E-state index in [1.54, 1.807) is 12.1 Å². The maximum atomic E-state index is 13.4. The summed E-state index contributed by atoms with van der Waals surface area (Å²) in [6.07, 6.45) is 4.32. The van der Waals surface area contributed by atoms with E-state index < -0.39 is 0 Å². The molecule has 6 rings (SSSR count). The van der Waals surface area contributed by atoms with E-state index in [1.165, 1.54) is 22.8 Å². The van der Waals surface area contributed by atoms with Gasteiger partial charge in [-0.05, 0) is 34.4 Å². The van der Waals surface area contributed by atoms with E-state index in [4.69, 9.17) is 0 Å². The SMILES string of the molecule is Fc1cccc(CN2C[C@@H]3N[C@H](C2)C3c2ccc(/C=C/c3ccccc3)cc2)c1. The molecule has 3 fully saturated rings. The van der Waals surface area contributed by atoms with Crippen LogP contribution in [0.4, 0.5) is 4.39 Å². The number of piperazine rings is 1. The lowest BCUT2D eigenvalue weighted by Crippen LogP contribution is -2.71. The predicted octanol–water partition coefficient (Wildman–Crippen LogP) is 4.94. The fourth-order valence-electron chi connectivity index (χ4n) is 4.68. The molecule has 146 valence electrons. The van der Waals surface area contributed by atoms with Crippen molar-refractivity contribution in [2.75, 3.05) is 13.1 Å². The van der Waals surface area contributed by atoms with Crippen LogP contribution in [0.25, 0.3) is 12.2 Å². The van der Waals surface area contributed by atoms with E-state index >= 15 is 0 Å². The molecule has 3 atom stereocenters. The molecule has 2 nitrogen and oxygen atoms in total. The van der Waals surface area contributed by atoms with Crippen molar-refractivity contribution in [2.24, 2.45) is 0 Å². The Kier molecular flexibility index (Phi) is 5.01. The predicted molar refractivity (Wildman–Crippen MR) is 117 cm³/mol. The lowest BCUT2D eigenvalue weighted by molar-refractivity contribution is 0.0470. The van der Waals surface area contributed by atoms with Crippen molar-refractivity contribution in [3.05, 3.63) is 107 Å². The van der Waals surface area contributed by atoms with E-state index in [9.17, 15) is 4.39 Å². The molecule has 0 aromatic heterocycles. The van der Waals surface area contributed by atoms with Crippen molar-refractivity contribution in [3.8, 4) is 0 Å². The molecule has 1 N–H and O–H groups in total. The van der Waals surface area contributed by atoms with E-state index in [1.807, 2.05) is 12.1 Å². The molecule has 3 heteroatoms. The maximum absolute atomic E-state index is 13.4. The lowest BCUT2D eigenvalue weighted by Gasteiger charge is -2.55. The van der Waals surface area contributed by atoms with Gasteiger partial charge in [0.15, 0.2) is 0 Å². The number of halogens is 1. The summed E-state index contributed by atoms with van der Waals surface area (Å²) in [5.74, 6) is 0.424. The van der Waals surface area contributed by atoms with Gasteiger partial charge in [-0.25, -0.2) is 4.39 Å². The van der Waals surface area contributed by atoms with Gasteiger partial charge < -0.3 is 5.32 Å². The molecule has 0 saturated carbocycles. The number of rotatable bonds is 5. The highest BCUT2D eigenvalue weighted by Gasteiger charge is 2.46. The first-order valence-electron chi connectivity index (χ1n) is 10.3. The fourth-order valence-corrected chi connectivity index (χ4v) is 4.68. The van der Waals surface area contributed by atoms with Crippen LogP contribution in [0.5, 0.6) is 0 Å². The largest absolute Gasteiger partial charge is 0.307 e. The molecule has 0 aliphatic carbocycles. The second-order valence-corrected chi connectivity index (χ2v) is 8.14.